The van der Waals surface area contributed by atoms with E-state index in [-0.39, 0.29) is 17.2 Å². The Labute approximate surface area is 162 Å². The smallest absolute Gasteiger partial charge is 0.462 e. The number of rotatable bonds is 7. The summed E-state index contributed by atoms with van der Waals surface area (Å²) in [5.74, 6) is -0.166. The third-order valence-electron chi connectivity index (χ3n) is 3.26. The van der Waals surface area contributed by atoms with Crippen molar-refractivity contribution >= 4 is 29.1 Å². The summed E-state index contributed by atoms with van der Waals surface area (Å²) in [6.45, 7) is 3.85. The highest BCUT2D eigenvalue weighted by molar-refractivity contribution is 8.01. The highest BCUT2D eigenvalue weighted by Crippen LogP contribution is 2.42. The van der Waals surface area contributed by atoms with Crippen LogP contribution in [0.1, 0.15) is 35.5 Å². The van der Waals surface area contributed by atoms with E-state index in [2.05, 4.69) is 10.8 Å². The average Bonchev–Trinajstić information content (AvgIpc) is 2.98. The molecule has 0 saturated heterocycles. The van der Waals surface area contributed by atoms with Gasteiger partial charge in [0.15, 0.2) is 0 Å². The Morgan fingerprint density at radius 2 is 1.93 bits per heavy atom. The summed E-state index contributed by atoms with van der Waals surface area (Å²) in [6.07, 6.45) is -3.90. The molecule has 0 spiro atoms. The summed E-state index contributed by atoms with van der Waals surface area (Å²) >= 11 is 2.63. The number of carbonyl (C=O) groups is 1. The van der Waals surface area contributed by atoms with Crippen LogP contribution >= 0.6 is 23.1 Å². The molecule has 0 saturated carbocycles. The molecule has 0 radical (unpaired) electrons. The molecular weight excluding hydrogens is 399 g/mol. The molecule has 0 atom stereocenters. The highest BCUT2D eigenvalue weighted by Gasteiger charge is 2.31. The number of hydrogen-bond donors (Lipinski definition) is 0. The summed E-state index contributed by atoms with van der Waals surface area (Å²) in [4.78, 5) is 12.6. The van der Waals surface area contributed by atoms with Crippen LogP contribution in [0.25, 0.3) is 11.1 Å². The molecule has 9 heteroatoms. The van der Waals surface area contributed by atoms with Crippen molar-refractivity contribution in [3.8, 4) is 22.9 Å². The lowest BCUT2D eigenvalue weighted by molar-refractivity contribution is -0.274. The van der Waals surface area contributed by atoms with Crippen molar-refractivity contribution < 1.29 is 27.4 Å². The third kappa shape index (κ3) is 5.40. The van der Waals surface area contributed by atoms with Crippen LogP contribution in [0.4, 0.5) is 13.2 Å². The predicted molar refractivity (Wildman–Crippen MR) is 98.1 cm³/mol. The SMILES string of the molecule is CCCSc1sc(C(=O)OCC)c(-c2ccc(OC(F)(F)F)cc2)c1C#N. The second-order valence-corrected chi connectivity index (χ2v) is 7.61. The van der Waals surface area contributed by atoms with Crippen LogP contribution in [-0.4, -0.2) is 24.7 Å². The summed E-state index contributed by atoms with van der Waals surface area (Å²) in [5.41, 5.74) is 1.15. The number of ether oxygens (including phenoxy) is 2. The lowest BCUT2D eigenvalue weighted by Gasteiger charge is -2.10. The van der Waals surface area contributed by atoms with Gasteiger partial charge >= 0.3 is 12.3 Å². The summed E-state index contributed by atoms with van der Waals surface area (Å²) in [6, 6.07) is 7.19. The zero-order chi connectivity index (χ0) is 20.0. The zero-order valence-electron chi connectivity index (χ0n) is 14.6. The Balaban J connectivity index is 2.51. The van der Waals surface area contributed by atoms with Crippen molar-refractivity contribution in [2.75, 3.05) is 12.4 Å². The van der Waals surface area contributed by atoms with Gasteiger partial charge in [0, 0.05) is 5.56 Å². The summed E-state index contributed by atoms with van der Waals surface area (Å²) in [5, 5.41) is 9.61. The van der Waals surface area contributed by atoms with Gasteiger partial charge < -0.3 is 9.47 Å². The number of nitriles is 1. The van der Waals surface area contributed by atoms with E-state index in [1.54, 1.807) is 6.92 Å². The number of carbonyl (C=O) groups excluding carboxylic acids is 1. The van der Waals surface area contributed by atoms with E-state index in [1.807, 2.05) is 6.92 Å². The fourth-order valence-electron chi connectivity index (χ4n) is 2.25. The molecule has 2 aromatic rings. The summed E-state index contributed by atoms with van der Waals surface area (Å²) in [7, 11) is 0. The second kappa shape index (κ2) is 9.15. The van der Waals surface area contributed by atoms with Gasteiger partial charge in [-0.2, -0.15) is 5.26 Å². The number of nitrogens with zero attached hydrogens (tertiary/aromatic N) is 1. The fraction of sp³-hybridized carbons (Fsp3) is 0.333. The Hall–Kier alpha value is -2.18. The molecule has 0 aliphatic carbocycles. The van der Waals surface area contributed by atoms with Gasteiger partial charge in [-0.3, -0.25) is 0 Å². The van der Waals surface area contributed by atoms with Gasteiger partial charge in [-0.05, 0) is 36.8 Å². The quantitative estimate of drug-likeness (QED) is 0.418. The maximum Gasteiger partial charge on any atom is 0.573 e. The lowest BCUT2D eigenvalue weighted by Crippen LogP contribution is -2.16. The first-order valence-electron chi connectivity index (χ1n) is 8.03. The number of thiophene rings is 1. The van der Waals surface area contributed by atoms with Crippen LogP contribution in [-0.2, 0) is 4.74 Å². The van der Waals surface area contributed by atoms with Crippen LogP contribution < -0.4 is 4.74 Å². The number of benzene rings is 1. The molecule has 0 aliphatic rings. The average molecular weight is 415 g/mol. The Bertz CT molecular complexity index is 839. The molecule has 0 N–H and O–H groups in total. The number of hydrogen-bond acceptors (Lipinski definition) is 6. The number of halogens is 3. The molecule has 0 fully saturated rings. The molecule has 1 aromatic heterocycles. The first kappa shape index (κ1) is 21.1. The number of alkyl halides is 3. The summed E-state index contributed by atoms with van der Waals surface area (Å²) < 4.78 is 46.6. The molecule has 1 heterocycles. The second-order valence-electron chi connectivity index (χ2n) is 5.22. The van der Waals surface area contributed by atoms with E-state index in [1.165, 1.54) is 23.9 Å². The van der Waals surface area contributed by atoms with Crippen molar-refractivity contribution in [1.82, 2.24) is 0 Å². The molecule has 1 aromatic carbocycles. The van der Waals surface area contributed by atoms with Gasteiger partial charge in [-0.1, -0.05) is 19.1 Å². The Morgan fingerprint density at radius 3 is 2.44 bits per heavy atom. The van der Waals surface area contributed by atoms with Gasteiger partial charge in [-0.25, -0.2) is 4.79 Å². The van der Waals surface area contributed by atoms with Gasteiger partial charge in [0.25, 0.3) is 0 Å². The standard InChI is InChI=1S/C18H16F3NO3S2/c1-3-9-26-17-13(10-22)14(15(27-17)16(23)24-4-2)11-5-7-12(8-6-11)25-18(19,20)21/h5-8H,3-4,9H2,1-2H3. The molecule has 0 aliphatic heterocycles. The minimum absolute atomic E-state index is 0.174. The molecule has 144 valence electrons. The monoisotopic (exact) mass is 415 g/mol. The third-order valence-corrected chi connectivity index (χ3v) is 5.91. The van der Waals surface area contributed by atoms with Gasteiger partial charge in [-0.15, -0.1) is 36.3 Å². The number of esters is 1. The zero-order valence-corrected chi connectivity index (χ0v) is 16.2. The highest BCUT2D eigenvalue weighted by atomic mass is 32.2. The van der Waals surface area contributed by atoms with Crippen molar-refractivity contribution in [2.45, 2.75) is 30.8 Å². The van der Waals surface area contributed by atoms with E-state index in [9.17, 15) is 23.2 Å². The van der Waals surface area contributed by atoms with E-state index < -0.39 is 12.3 Å². The maximum atomic E-state index is 12.3. The van der Waals surface area contributed by atoms with Crippen molar-refractivity contribution in [3.63, 3.8) is 0 Å². The van der Waals surface area contributed by atoms with Crippen LogP contribution in [0, 0.1) is 11.3 Å². The largest absolute Gasteiger partial charge is 0.573 e. The number of thioether (sulfide) groups is 1. The van der Waals surface area contributed by atoms with Crippen molar-refractivity contribution in [2.24, 2.45) is 0 Å². The van der Waals surface area contributed by atoms with Crippen molar-refractivity contribution in [1.29, 1.82) is 5.26 Å². The topological polar surface area (TPSA) is 59.3 Å². The first-order valence-corrected chi connectivity index (χ1v) is 9.83. The fourth-order valence-corrected chi connectivity index (χ4v) is 4.56. The molecule has 27 heavy (non-hydrogen) atoms. The first-order chi connectivity index (χ1) is 12.8. The van der Waals surface area contributed by atoms with Gasteiger partial charge in [0.05, 0.1) is 16.4 Å². The molecule has 4 nitrogen and oxygen atoms in total. The van der Waals surface area contributed by atoms with Crippen LogP contribution in [0.3, 0.4) is 0 Å². The molecule has 2 rings (SSSR count). The molecule has 0 amide bonds. The van der Waals surface area contributed by atoms with Crippen LogP contribution in [0.2, 0.25) is 0 Å². The Morgan fingerprint density at radius 1 is 1.26 bits per heavy atom. The van der Waals surface area contributed by atoms with Crippen molar-refractivity contribution in [3.05, 3.63) is 34.7 Å². The van der Waals surface area contributed by atoms with E-state index >= 15 is 0 Å². The molecule has 0 unspecified atom stereocenters. The van der Waals surface area contributed by atoms with E-state index in [0.29, 0.717) is 20.9 Å². The van der Waals surface area contributed by atoms with E-state index in [4.69, 9.17) is 4.74 Å². The predicted octanol–water partition coefficient (Wildman–Crippen LogP) is 5.86. The lowest BCUT2D eigenvalue weighted by atomic mass is 10.0. The molecule has 0 bridgehead atoms. The minimum atomic E-state index is -4.79. The van der Waals surface area contributed by atoms with Gasteiger partial charge in [0.1, 0.15) is 16.7 Å². The van der Waals surface area contributed by atoms with Gasteiger partial charge in [0.2, 0.25) is 0 Å². The maximum absolute atomic E-state index is 12.3. The van der Waals surface area contributed by atoms with Crippen LogP contribution in [0.15, 0.2) is 28.5 Å². The normalized spacial score (nSPS) is 11.1. The molecular formula is C18H16F3NO3S2. The Kier molecular flexibility index (Phi) is 7.16. The van der Waals surface area contributed by atoms with Crippen LogP contribution in [0.5, 0.6) is 5.75 Å². The van der Waals surface area contributed by atoms with E-state index in [0.717, 1.165) is 35.6 Å². The minimum Gasteiger partial charge on any atom is -0.462 e.